The minimum absolute atomic E-state index is 0.191. The molecule has 0 saturated carbocycles. The number of rotatable bonds is 5. The number of halogens is 1. The lowest BCUT2D eigenvalue weighted by atomic mass is 10.2. The topological polar surface area (TPSA) is 66.9 Å². The molecular formula is C16H19ClN4O. The van der Waals surface area contributed by atoms with Gasteiger partial charge >= 0.3 is 0 Å². The van der Waals surface area contributed by atoms with Gasteiger partial charge < -0.3 is 10.6 Å². The van der Waals surface area contributed by atoms with Crippen molar-refractivity contribution in [3.05, 3.63) is 46.2 Å². The molecule has 2 aromatic rings. The highest BCUT2D eigenvalue weighted by atomic mass is 35.5. The number of anilines is 2. The Morgan fingerprint density at radius 3 is 2.68 bits per heavy atom. The zero-order valence-electron chi connectivity index (χ0n) is 12.9. The molecular weight excluding hydrogens is 300 g/mol. The minimum Gasteiger partial charge on any atom is -0.351 e. The smallest absolute Gasteiger partial charge is 0.270 e. The average Bonchev–Trinajstić information content (AvgIpc) is 2.47. The number of benzene rings is 1. The molecule has 1 heterocycles. The van der Waals surface area contributed by atoms with E-state index in [-0.39, 0.29) is 5.91 Å². The first kappa shape index (κ1) is 16.2. The zero-order chi connectivity index (χ0) is 16.1. The van der Waals surface area contributed by atoms with Crippen LogP contribution in [0.5, 0.6) is 0 Å². The first-order chi connectivity index (χ1) is 10.5. The number of aromatic nitrogens is 2. The Labute approximate surface area is 135 Å². The third-order valence-corrected chi connectivity index (χ3v) is 3.29. The van der Waals surface area contributed by atoms with Crippen LogP contribution < -0.4 is 10.6 Å². The molecule has 2 N–H and O–H groups in total. The van der Waals surface area contributed by atoms with Crippen molar-refractivity contribution in [3.63, 3.8) is 0 Å². The average molecular weight is 319 g/mol. The molecule has 1 aromatic carbocycles. The number of amides is 1. The molecule has 0 fully saturated rings. The quantitative estimate of drug-likeness (QED) is 0.883. The van der Waals surface area contributed by atoms with E-state index in [1.165, 1.54) is 0 Å². The van der Waals surface area contributed by atoms with Gasteiger partial charge in [-0.25, -0.2) is 9.97 Å². The number of carbonyl (C=O) groups excluding carboxylic acids is 1. The van der Waals surface area contributed by atoms with Crippen molar-refractivity contribution in [2.45, 2.75) is 27.2 Å². The van der Waals surface area contributed by atoms with Gasteiger partial charge in [0, 0.05) is 22.9 Å². The van der Waals surface area contributed by atoms with Crippen LogP contribution in [0.15, 0.2) is 24.3 Å². The predicted octanol–water partition coefficient (Wildman–Crippen LogP) is 3.63. The van der Waals surface area contributed by atoms with Crippen molar-refractivity contribution < 1.29 is 4.79 Å². The van der Waals surface area contributed by atoms with E-state index in [2.05, 4.69) is 20.6 Å². The lowest BCUT2D eigenvalue weighted by Crippen LogP contribution is -2.25. The Balaban J connectivity index is 2.24. The molecule has 6 heteroatoms. The summed E-state index contributed by atoms with van der Waals surface area (Å²) in [5.41, 5.74) is 2.92. The van der Waals surface area contributed by atoms with Crippen LogP contribution in [0.1, 0.15) is 35.1 Å². The molecule has 22 heavy (non-hydrogen) atoms. The summed E-state index contributed by atoms with van der Waals surface area (Å²) in [6, 6.07) is 7.18. The van der Waals surface area contributed by atoms with E-state index in [9.17, 15) is 4.79 Å². The summed E-state index contributed by atoms with van der Waals surface area (Å²) in [7, 11) is 0. The van der Waals surface area contributed by atoms with Gasteiger partial charge in [-0.2, -0.15) is 0 Å². The molecule has 1 amide bonds. The van der Waals surface area contributed by atoms with Crippen LogP contribution in [-0.4, -0.2) is 22.4 Å². The standard InChI is InChI=1S/C16H19ClN4O/c1-4-7-18-15(22)14-9-11(3)19-16(21-14)20-13-6-5-12(17)8-10(13)2/h5-6,8-9H,4,7H2,1-3H3,(H,18,22)(H,19,20,21). The number of aryl methyl sites for hydroxylation is 2. The third-order valence-electron chi connectivity index (χ3n) is 3.06. The summed E-state index contributed by atoms with van der Waals surface area (Å²) in [4.78, 5) is 20.6. The van der Waals surface area contributed by atoms with Gasteiger partial charge in [-0.1, -0.05) is 18.5 Å². The fourth-order valence-electron chi connectivity index (χ4n) is 1.96. The monoisotopic (exact) mass is 318 g/mol. The Kier molecular flexibility index (Phi) is 5.33. The van der Waals surface area contributed by atoms with Gasteiger partial charge in [-0.3, -0.25) is 4.79 Å². The number of nitrogens with zero attached hydrogens (tertiary/aromatic N) is 2. The molecule has 0 unspecified atom stereocenters. The van der Waals surface area contributed by atoms with Crippen molar-refractivity contribution in [2.24, 2.45) is 0 Å². The summed E-state index contributed by atoms with van der Waals surface area (Å²) in [6.07, 6.45) is 0.880. The second-order valence-electron chi connectivity index (χ2n) is 5.06. The second-order valence-corrected chi connectivity index (χ2v) is 5.49. The molecule has 0 aliphatic carbocycles. The van der Waals surface area contributed by atoms with Crippen LogP contribution in [0.25, 0.3) is 0 Å². The van der Waals surface area contributed by atoms with Gasteiger partial charge in [0.25, 0.3) is 5.91 Å². The van der Waals surface area contributed by atoms with Gasteiger partial charge in [0.15, 0.2) is 0 Å². The van der Waals surface area contributed by atoms with E-state index < -0.39 is 0 Å². The van der Waals surface area contributed by atoms with Crippen LogP contribution in [0, 0.1) is 13.8 Å². The maximum atomic E-state index is 12.0. The predicted molar refractivity (Wildman–Crippen MR) is 88.9 cm³/mol. The van der Waals surface area contributed by atoms with Crippen LogP contribution in [0.2, 0.25) is 5.02 Å². The fraction of sp³-hybridized carbons (Fsp3) is 0.312. The molecule has 5 nitrogen and oxygen atoms in total. The Hall–Kier alpha value is -2.14. The van der Waals surface area contributed by atoms with Crippen LogP contribution >= 0.6 is 11.6 Å². The first-order valence-corrected chi connectivity index (χ1v) is 7.54. The van der Waals surface area contributed by atoms with Crippen molar-refractivity contribution in [2.75, 3.05) is 11.9 Å². The van der Waals surface area contributed by atoms with Gasteiger partial charge in [-0.05, 0) is 50.1 Å². The highest BCUT2D eigenvalue weighted by Crippen LogP contribution is 2.22. The molecule has 0 saturated heterocycles. The summed E-state index contributed by atoms with van der Waals surface area (Å²) < 4.78 is 0. The first-order valence-electron chi connectivity index (χ1n) is 7.16. The Bertz CT molecular complexity index is 688. The highest BCUT2D eigenvalue weighted by Gasteiger charge is 2.10. The zero-order valence-corrected chi connectivity index (χ0v) is 13.7. The lowest BCUT2D eigenvalue weighted by molar-refractivity contribution is 0.0948. The van der Waals surface area contributed by atoms with Crippen LogP contribution in [-0.2, 0) is 0 Å². The van der Waals surface area contributed by atoms with Crippen molar-refractivity contribution in [1.29, 1.82) is 0 Å². The summed E-state index contributed by atoms with van der Waals surface area (Å²) in [5.74, 6) is 0.204. The lowest BCUT2D eigenvalue weighted by Gasteiger charge is -2.10. The molecule has 1 aromatic heterocycles. The fourth-order valence-corrected chi connectivity index (χ4v) is 2.18. The van der Waals surface area contributed by atoms with Crippen LogP contribution in [0.4, 0.5) is 11.6 Å². The SMILES string of the molecule is CCCNC(=O)c1cc(C)nc(Nc2ccc(Cl)cc2C)n1. The van der Waals surface area contributed by atoms with E-state index in [0.717, 1.165) is 23.4 Å². The molecule has 2 rings (SSSR count). The molecule has 0 radical (unpaired) electrons. The Morgan fingerprint density at radius 1 is 1.23 bits per heavy atom. The number of nitrogens with one attached hydrogen (secondary N) is 2. The van der Waals surface area contributed by atoms with Crippen molar-refractivity contribution >= 4 is 29.1 Å². The molecule has 0 bridgehead atoms. The van der Waals surface area contributed by atoms with E-state index in [1.807, 2.05) is 32.9 Å². The molecule has 0 spiro atoms. The van der Waals surface area contributed by atoms with E-state index in [1.54, 1.807) is 12.1 Å². The van der Waals surface area contributed by atoms with E-state index in [0.29, 0.717) is 23.2 Å². The van der Waals surface area contributed by atoms with Gasteiger partial charge in [0.1, 0.15) is 5.69 Å². The normalized spacial score (nSPS) is 10.4. The maximum absolute atomic E-state index is 12.0. The Morgan fingerprint density at radius 2 is 2.00 bits per heavy atom. The van der Waals surface area contributed by atoms with Gasteiger partial charge in [0.05, 0.1) is 0 Å². The summed E-state index contributed by atoms with van der Waals surface area (Å²) >= 11 is 5.95. The van der Waals surface area contributed by atoms with E-state index in [4.69, 9.17) is 11.6 Å². The largest absolute Gasteiger partial charge is 0.351 e. The van der Waals surface area contributed by atoms with E-state index >= 15 is 0 Å². The molecule has 116 valence electrons. The maximum Gasteiger partial charge on any atom is 0.270 e. The van der Waals surface area contributed by atoms with Crippen molar-refractivity contribution in [3.8, 4) is 0 Å². The number of hydrogen-bond donors (Lipinski definition) is 2. The number of hydrogen-bond acceptors (Lipinski definition) is 4. The second kappa shape index (κ2) is 7.22. The molecule has 0 aliphatic heterocycles. The number of carbonyl (C=O) groups is 1. The summed E-state index contributed by atoms with van der Waals surface area (Å²) in [5, 5.41) is 6.62. The van der Waals surface area contributed by atoms with Crippen LogP contribution in [0.3, 0.4) is 0 Å². The van der Waals surface area contributed by atoms with Gasteiger partial charge in [-0.15, -0.1) is 0 Å². The summed E-state index contributed by atoms with van der Waals surface area (Å²) in [6.45, 7) is 6.40. The molecule has 0 aliphatic rings. The van der Waals surface area contributed by atoms with Crippen molar-refractivity contribution in [1.82, 2.24) is 15.3 Å². The third kappa shape index (κ3) is 4.18. The molecule has 0 atom stereocenters. The minimum atomic E-state index is -0.191. The highest BCUT2D eigenvalue weighted by molar-refractivity contribution is 6.30. The van der Waals surface area contributed by atoms with Gasteiger partial charge in [0.2, 0.25) is 5.95 Å².